The lowest BCUT2D eigenvalue weighted by Gasteiger charge is -2.32. The molecule has 3 aromatic rings. The molecule has 0 aliphatic carbocycles. The second-order valence-corrected chi connectivity index (χ2v) is 7.28. The Hall–Kier alpha value is -1.95. The number of pyridine rings is 1. The molecule has 26 heavy (non-hydrogen) atoms. The predicted molar refractivity (Wildman–Crippen MR) is 103 cm³/mol. The number of aryl methyl sites for hydroxylation is 1. The Morgan fingerprint density at radius 2 is 2.19 bits per heavy atom. The van der Waals surface area contributed by atoms with E-state index in [2.05, 4.69) is 22.0 Å². The number of piperidine rings is 1. The molecule has 1 atom stereocenters. The summed E-state index contributed by atoms with van der Waals surface area (Å²) in [5.74, 6) is 0. The van der Waals surface area contributed by atoms with Gasteiger partial charge >= 0.3 is 0 Å². The lowest BCUT2D eigenvalue weighted by molar-refractivity contribution is -0.0123. The van der Waals surface area contributed by atoms with Gasteiger partial charge in [-0.25, -0.2) is 0 Å². The summed E-state index contributed by atoms with van der Waals surface area (Å²) < 4.78 is 8.03. The lowest BCUT2D eigenvalue weighted by Crippen LogP contribution is -2.39. The van der Waals surface area contributed by atoms with Crippen LogP contribution in [-0.4, -0.2) is 38.9 Å². The van der Waals surface area contributed by atoms with Crippen LogP contribution in [0.1, 0.15) is 24.1 Å². The number of halogens is 1. The van der Waals surface area contributed by atoms with Gasteiger partial charge in [-0.1, -0.05) is 23.7 Å². The summed E-state index contributed by atoms with van der Waals surface area (Å²) in [7, 11) is 1.97. The van der Waals surface area contributed by atoms with Gasteiger partial charge in [-0.05, 0) is 43.1 Å². The van der Waals surface area contributed by atoms with Crippen LogP contribution in [0.4, 0.5) is 0 Å². The fourth-order valence-corrected chi connectivity index (χ4v) is 3.94. The van der Waals surface area contributed by atoms with Crippen LogP contribution in [0, 0.1) is 0 Å². The first-order chi connectivity index (χ1) is 12.7. The van der Waals surface area contributed by atoms with Crippen LogP contribution >= 0.6 is 11.6 Å². The quantitative estimate of drug-likeness (QED) is 0.685. The van der Waals surface area contributed by atoms with Gasteiger partial charge in [0.2, 0.25) is 0 Å². The molecular weight excluding hydrogens is 348 g/mol. The summed E-state index contributed by atoms with van der Waals surface area (Å²) in [4.78, 5) is 6.56. The molecule has 0 N–H and O–H groups in total. The molecule has 0 saturated carbocycles. The number of hydrogen-bond acceptors (Lipinski definition) is 4. The van der Waals surface area contributed by atoms with E-state index in [9.17, 15) is 0 Å². The number of benzene rings is 1. The molecule has 0 unspecified atom stereocenters. The zero-order valence-electron chi connectivity index (χ0n) is 14.9. The van der Waals surface area contributed by atoms with Crippen LogP contribution in [0.5, 0.6) is 0 Å². The average Bonchev–Trinajstić information content (AvgIpc) is 2.98. The number of fused-ring (bicyclic) bond motifs is 1. The van der Waals surface area contributed by atoms with E-state index >= 15 is 0 Å². The summed E-state index contributed by atoms with van der Waals surface area (Å²) in [5, 5.41) is 6.54. The number of likely N-dealkylation sites (tertiary alicyclic amines) is 1. The van der Waals surface area contributed by atoms with Crippen LogP contribution in [0.15, 0.2) is 42.7 Å². The van der Waals surface area contributed by atoms with Crippen LogP contribution < -0.4 is 0 Å². The normalized spacial score (nSPS) is 18.5. The SMILES string of the molecule is Cn1nc(CN2CCC[C@@H](OCc3cccnc3)C2)c2c(Cl)cccc21. The van der Waals surface area contributed by atoms with Crippen LogP contribution in [0.3, 0.4) is 0 Å². The molecule has 0 bridgehead atoms. The fourth-order valence-electron chi connectivity index (χ4n) is 3.67. The van der Waals surface area contributed by atoms with Gasteiger partial charge in [0.05, 0.1) is 28.9 Å². The Balaban J connectivity index is 1.42. The van der Waals surface area contributed by atoms with Crippen molar-refractivity contribution in [3.8, 4) is 0 Å². The monoisotopic (exact) mass is 370 g/mol. The summed E-state index contributed by atoms with van der Waals surface area (Å²) in [6.07, 6.45) is 6.13. The highest BCUT2D eigenvalue weighted by atomic mass is 35.5. The van der Waals surface area contributed by atoms with Gasteiger partial charge in [0, 0.05) is 37.9 Å². The van der Waals surface area contributed by atoms with E-state index in [4.69, 9.17) is 21.4 Å². The number of nitrogens with zero attached hydrogens (tertiary/aromatic N) is 4. The van der Waals surface area contributed by atoms with E-state index in [-0.39, 0.29) is 6.10 Å². The van der Waals surface area contributed by atoms with Crippen LogP contribution in [0.25, 0.3) is 10.9 Å². The molecule has 1 aliphatic heterocycles. The van der Waals surface area contributed by atoms with Crippen molar-refractivity contribution >= 4 is 22.5 Å². The van der Waals surface area contributed by atoms with Gasteiger partial charge in [-0.2, -0.15) is 5.10 Å². The van der Waals surface area contributed by atoms with Crippen molar-refractivity contribution in [1.29, 1.82) is 0 Å². The first-order valence-corrected chi connectivity index (χ1v) is 9.41. The van der Waals surface area contributed by atoms with Crippen molar-refractivity contribution in [1.82, 2.24) is 19.7 Å². The van der Waals surface area contributed by atoms with Gasteiger partial charge in [0.1, 0.15) is 0 Å². The van der Waals surface area contributed by atoms with Gasteiger partial charge < -0.3 is 4.74 Å². The predicted octanol–water partition coefficient (Wildman–Crippen LogP) is 3.80. The molecule has 1 fully saturated rings. The molecule has 0 spiro atoms. The highest BCUT2D eigenvalue weighted by Crippen LogP contribution is 2.28. The second-order valence-electron chi connectivity index (χ2n) is 6.88. The zero-order chi connectivity index (χ0) is 17.9. The van der Waals surface area contributed by atoms with Gasteiger partial charge in [0.15, 0.2) is 0 Å². The molecule has 1 aromatic carbocycles. The van der Waals surface area contributed by atoms with E-state index in [0.717, 1.165) is 59.7 Å². The van der Waals surface area contributed by atoms with Crippen molar-refractivity contribution in [2.45, 2.75) is 32.1 Å². The molecule has 6 heteroatoms. The van der Waals surface area contributed by atoms with Gasteiger partial charge in [-0.15, -0.1) is 0 Å². The second kappa shape index (κ2) is 7.74. The topological polar surface area (TPSA) is 43.2 Å². The molecule has 4 rings (SSSR count). The Bertz CT molecular complexity index is 880. The largest absolute Gasteiger partial charge is 0.372 e. The van der Waals surface area contributed by atoms with E-state index in [1.54, 1.807) is 6.20 Å². The minimum absolute atomic E-state index is 0.245. The maximum Gasteiger partial charge on any atom is 0.0858 e. The number of ether oxygens (including phenoxy) is 1. The lowest BCUT2D eigenvalue weighted by atomic mass is 10.1. The molecule has 1 aliphatic rings. The van der Waals surface area contributed by atoms with Crippen molar-refractivity contribution < 1.29 is 4.74 Å². The first-order valence-electron chi connectivity index (χ1n) is 9.03. The highest BCUT2D eigenvalue weighted by molar-refractivity contribution is 6.35. The summed E-state index contributed by atoms with van der Waals surface area (Å²) >= 11 is 6.44. The van der Waals surface area contributed by atoms with E-state index < -0.39 is 0 Å². The van der Waals surface area contributed by atoms with E-state index in [1.165, 1.54) is 0 Å². The first kappa shape index (κ1) is 17.5. The number of rotatable bonds is 5. The van der Waals surface area contributed by atoms with Crippen molar-refractivity contribution in [2.24, 2.45) is 7.05 Å². The molecule has 2 aromatic heterocycles. The third-order valence-electron chi connectivity index (χ3n) is 4.94. The minimum Gasteiger partial charge on any atom is -0.372 e. The van der Waals surface area contributed by atoms with E-state index in [0.29, 0.717) is 6.61 Å². The molecule has 1 saturated heterocycles. The molecule has 0 amide bonds. The van der Waals surface area contributed by atoms with Crippen LogP contribution in [0.2, 0.25) is 5.02 Å². The van der Waals surface area contributed by atoms with E-state index in [1.807, 2.05) is 36.1 Å². The fraction of sp³-hybridized carbons (Fsp3) is 0.400. The van der Waals surface area contributed by atoms with Crippen molar-refractivity contribution in [3.05, 3.63) is 59.0 Å². The molecule has 3 heterocycles. The Morgan fingerprint density at radius 1 is 1.27 bits per heavy atom. The van der Waals surface area contributed by atoms with Gasteiger partial charge in [-0.3, -0.25) is 14.6 Å². The standard InChI is InChI=1S/C20H23ClN4O/c1-24-19-8-2-7-17(21)20(19)18(23-24)13-25-10-4-6-16(12-25)26-14-15-5-3-9-22-11-15/h2-3,5,7-9,11,16H,4,6,10,12-14H2,1H3/t16-/m1/s1. The van der Waals surface area contributed by atoms with Crippen molar-refractivity contribution in [3.63, 3.8) is 0 Å². The molecule has 0 radical (unpaired) electrons. The van der Waals surface area contributed by atoms with Gasteiger partial charge in [0.25, 0.3) is 0 Å². The number of aromatic nitrogens is 3. The maximum atomic E-state index is 6.44. The molecule has 5 nitrogen and oxygen atoms in total. The Labute approximate surface area is 158 Å². The van der Waals surface area contributed by atoms with Crippen molar-refractivity contribution in [2.75, 3.05) is 13.1 Å². The summed E-state index contributed by atoms with van der Waals surface area (Å²) in [6, 6.07) is 9.97. The molecule has 136 valence electrons. The Morgan fingerprint density at radius 3 is 3.04 bits per heavy atom. The summed E-state index contributed by atoms with van der Waals surface area (Å²) in [6.45, 7) is 3.40. The van der Waals surface area contributed by atoms with Crippen LogP contribution in [-0.2, 0) is 24.9 Å². The number of hydrogen-bond donors (Lipinski definition) is 0. The molecular formula is C20H23ClN4O. The smallest absolute Gasteiger partial charge is 0.0858 e. The average molecular weight is 371 g/mol. The Kier molecular flexibility index (Phi) is 5.20. The minimum atomic E-state index is 0.245. The maximum absolute atomic E-state index is 6.44. The summed E-state index contributed by atoms with van der Waals surface area (Å²) in [5.41, 5.74) is 3.24. The zero-order valence-corrected chi connectivity index (χ0v) is 15.7. The third kappa shape index (κ3) is 3.75. The third-order valence-corrected chi connectivity index (χ3v) is 5.26. The highest BCUT2D eigenvalue weighted by Gasteiger charge is 2.23.